The zero-order valence-electron chi connectivity index (χ0n) is 11.9. The predicted molar refractivity (Wildman–Crippen MR) is 82.9 cm³/mol. The lowest BCUT2D eigenvalue weighted by atomic mass is 10.0. The van der Waals surface area contributed by atoms with Crippen molar-refractivity contribution in [3.8, 4) is 16.9 Å². The van der Waals surface area contributed by atoms with Gasteiger partial charge in [-0.1, -0.05) is 36.4 Å². The highest BCUT2D eigenvalue weighted by Gasteiger charge is 2.21. The van der Waals surface area contributed by atoms with Crippen molar-refractivity contribution in [2.45, 2.75) is 0 Å². The molecule has 0 aliphatic carbocycles. The van der Waals surface area contributed by atoms with E-state index in [1.54, 1.807) is 30.3 Å². The highest BCUT2D eigenvalue weighted by atomic mass is 16.4. The fraction of sp³-hybridized carbons (Fsp3) is 0. The van der Waals surface area contributed by atoms with Crippen molar-refractivity contribution in [1.29, 1.82) is 0 Å². The molecule has 0 unspecified atom stereocenters. The first-order valence-corrected chi connectivity index (χ1v) is 6.79. The monoisotopic (exact) mass is 308 g/mol. The number of carboxylic acids is 2. The van der Waals surface area contributed by atoms with Crippen molar-refractivity contribution >= 4 is 11.9 Å². The molecular weight excluding hydrogens is 296 g/mol. The van der Waals surface area contributed by atoms with E-state index in [1.165, 1.54) is 16.9 Å². The third-order valence-corrected chi connectivity index (χ3v) is 3.38. The minimum absolute atomic E-state index is 0.00770. The summed E-state index contributed by atoms with van der Waals surface area (Å²) in [5, 5.41) is 23.0. The van der Waals surface area contributed by atoms with Gasteiger partial charge < -0.3 is 10.2 Å². The number of para-hydroxylation sites is 1. The minimum Gasteiger partial charge on any atom is -0.478 e. The average molecular weight is 308 g/mol. The minimum atomic E-state index is -1.16. The van der Waals surface area contributed by atoms with Crippen molar-refractivity contribution in [1.82, 2.24) is 9.78 Å². The Hall–Kier alpha value is -3.41. The molecule has 3 aromatic rings. The molecule has 6 heteroatoms. The summed E-state index contributed by atoms with van der Waals surface area (Å²) >= 11 is 0. The second-order valence-corrected chi connectivity index (χ2v) is 4.83. The van der Waals surface area contributed by atoms with E-state index in [4.69, 9.17) is 0 Å². The van der Waals surface area contributed by atoms with Crippen LogP contribution >= 0.6 is 0 Å². The van der Waals surface area contributed by atoms with E-state index < -0.39 is 11.9 Å². The molecule has 0 bridgehead atoms. The first kappa shape index (κ1) is 14.5. The number of benzene rings is 2. The maximum atomic E-state index is 11.5. The van der Waals surface area contributed by atoms with E-state index in [2.05, 4.69) is 5.10 Å². The Balaban J connectivity index is 2.22. The molecular formula is C17H12N2O4. The van der Waals surface area contributed by atoms with Gasteiger partial charge in [-0.3, -0.25) is 0 Å². The van der Waals surface area contributed by atoms with Crippen molar-refractivity contribution in [3.05, 3.63) is 71.9 Å². The molecule has 0 aliphatic rings. The molecule has 0 atom stereocenters. The molecule has 1 aromatic heterocycles. The smallest absolute Gasteiger partial charge is 0.339 e. The summed E-state index contributed by atoms with van der Waals surface area (Å²) in [6, 6.07) is 15.2. The van der Waals surface area contributed by atoms with Gasteiger partial charge in [0.2, 0.25) is 0 Å². The summed E-state index contributed by atoms with van der Waals surface area (Å²) in [7, 11) is 0. The lowest BCUT2D eigenvalue weighted by Crippen LogP contribution is -2.03. The summed E-state index contributed by atoms with van der Waals surface area (Å²) in [6.45, 7) is 0. The molecule has 0 aliphatic heterocycles. The van der Waals surface area contributed by atoms with Gasteiger partial charge in [0.25, 0.3) is 0 Å². The van der Waals surface area contributed by atoms with Gasteiger partial charge in [0.05, 0.1) is 11.3 Å². The van der Waals surface area contributed by atoms with Gasteiger partial charge in [0.15, 0.2) is 0 Å². The molecule has 1 heterocycles. The van der Waals surface area contributed by atoms with Crippen LogP contribution in [-0.4, -0.2) is 31.9 Å². The molecule has 0 spiro atoms. The number of aromatic nitrogens is 2. The van der Waals surface area contributed by atoms with Crippen LogP contribution < -0.4 is 0 Å². The Morgan fingerprint density at radius 2 is 1.43 bits per heavy atom. The highest BCUT2D eigenvalue weighted by molar-refractivity contribution is 6.01. The zero-order chi connectivity index (χ0) is 16.4. The van der Waals surface area contributed by atoms with Crippen LogP contribution in [-0.2, 0) is 0 Å². The Morgan fingerprint density at radius 1 is 0.826 bits per heavy atom. The maximum Gasteiger partial charge on any atom is 0.339 e. The quantitative estimate of drug-likeness (QED) is 0.773. The predicted octanol–water partition coefficient (Wildman–Crippen LogP) is 2.94. The van der Waals surface area contributed by atoms with Crippen molar-refractivity contribution in [3.63, 3.8) is 0 Å². The molecule has 2 aromatic carbocycles. The van der Waals surface area contributed by atoms with Crippen LogP contribution in [0, 0.1) is 0 Å². The topological polar surface area (TPSA) is 92.4 Å². The third kappa shape index (κ3) is 2.69. The van der Waals surface area contributed by atoms with Gasteiger partial charge in [0.1, 0.15) is 11.3 Å². The molecule has 114 valence electrons. The number of rotatable bonds is 4. The fourth-order valence-electron chi connectivity index (χ4n) is 2.32. The summed E-state index contributed by atoms with van der Waals surface area (Å²) < 4.78 is 1.43. The van der Waals surface area contributed by atoms with E-state index in [9.17, 15) is 19.8 Å². The summed E-state index contributed by atoms with van der Waals surface area (Å²) in [6.07, 6.45) is 1.38. The van der Waals surface area contributed by atoms with Gasteiger partial charge in [-0.25, -0.2) is 14.3 Å². The average Bonchev–Trinajstić information content (AvgIpc) is 3.01. The van der Waals surface area contributed by atoms with Crippen LogP contribution in [0.4, 0.5) is 0 Å². The fourth-order valence-corrected chi connectivity index (χ4v) is 2.32. The molecule has 0 radical (unpaired) electrons. The van der Waals surface area contributed by atoms with Crippen LogP contribution in [0.5, 0.6) is 0 Å². The van der Waals surface area contributed by atoms with E-state index >= 15 is 0 Å². The second kappa shape index (κ2) is 5.76. The number of nitrogens with zero attached hydrogens (tertiary/aromatic N) is 2. The molecule has 3 rings (SSSR count). The molecule has 23 heavy (non-hydrogen) atoms. The molecule has 0 amide bonds. The van der Waals surface area contributed by atoms with Gasteiger partial charge >= 0.3 is 11.9 Å². The Bertz CT molecular complexity index is 885. The molecule has 0 fully saturated rings. The van der Waals surface area contributed by atoms with Gasteiger partial charge in [-0.15, -0.1) is 0 Å². The van der Waals surface area contributed by atoms with Crippen LogP contribution in [0.15, 0.2) is 60.8 Å². The summed E-state index contributed by atoms with van der Waals surface area (Å²) in [4.78, 5) is 22.9. The van der Waals surface area contributed by atoms with Crippen molar-refractivity contribution in [2.75, 3.05) is 0 Å². The van der Waals surface area contributed by atoms with Crippen molar-refractivity contribution < 1.29 is 19.8 Å². The van der Waals surface area contributed by atoms with Gasteiger partial charge in [-0.05, 0) is 18.2 Å². The number of aromatic carboxylic acids is 2. The van der Waals surface area contributed by atoms with E-state index in [-0.39, 0.29) is 22.4 Å². The standard InChI is InChI=1S/C17H12N2O4/c20-16(21)13-9-5-4-8-12(13)15-14(17(22)23)10-19(18-15)11-6-2-1-3-7-11/h1-10H,(H,20,21)(H,22,23). The SMILES string of the molecule is O=C(O)c1ccccc1-c1nn(-c2ccccc2)cc1C(=O)O. The largest absolute Gasteiger partial charge is 0.478 e. The van der Waals surface area contributed by atoms with E-state index in [0.717, 1.165) is 0 Å². The second-order valence-electron chi connectivity index (χ2n) is 4.83. The molecule has 6 nitrogen and oxygen atoms in total. The normalized spacial score (nSPS) is 10.4. The van der Waals surface area contributed by atoms with Gasteiger partial charge in [-0.2, -0.15) is 5.10 Å². The van der Waals surface area contributed by atoms with E-state index in [0.29, 0.717) is 5.69 Å². The number of carboxylic acid groups (broad SMARTS) is 2. The van der Waals surface area contributed by atoms with Crippen LogP contribution in [0.2, 0.25) is 0 Å². The first-order chi connectivity index (χ1) is 11.1. The third-order valence-electron chi connectivity index (χ3n) is 3.38. The van der Waals surface area contributed by atoms with Crippen LogP contribution in [0.3, 0.4) is 0 Å². The van der Waals surface area contributed by atoms with E-state index in [1.807, 2.05) is 18.2 Å². The van der Waals surface area contributed by atoms with Crippen LogP contribution in [0.25, 0.3) is 16.9 Å². The molecule has 0 saturated carbocycles. The summed E-state index contributed by atoms with van der Waals surface area (Å²) in [5.41, 5.74) is 1.04. The first-order valence-electron chi connectivity index (χ1n) is 6.79. The lowest BCUT2D eigenvalue weighted by molar-refractivity contribution is 0.0684. The maximum absolute atomic E-state index is 11.5. The molecule has 0 saturated heterocycles. The molecule has 2 N–H and O–H groups in total. The number of carbonyl (C=O) groups is 2. The number of hydrogen-bond acceptors (Lipinski definition) is 3. The number of hydrogen-bond donors (Lipinski definition) is 2. The van der Waals surface area contributed by atoms with Crippen LogP contribution in [0.1, 0.15) is 20.7 Å². The Morgan fingerprint density at radius 3 is 2.09 bits per heavy atom. The van der Waals surface area contributed by atoms with Crippen molar-refractivity contribution in [2.24, 2.45) is 0 Å². The Kier molecular flexibility index (Phi) is 3.64. The lowest BCUT2D eigenvalue weighted by Gasteiger charge is -2.04. The zero-order valence-corrected chi connectivity index (χ0v) is 11.9. The van der Waals surface area contributed by atoms with Gasteiger partial charge in [0, 0.05) is 11.8 Å². The highest BCUT2D eigenvalue weighted by Crippen LogP contribution is 2.27. The summed E-state index contributed by atoms with van der Waals surface area (Å²) in [5.74, 6) is -2.30. The Labute approximate surface area is 131 Å².